The zero-order valence-corrected chi connectivity index (χ0v) is 16.6. The van der Waals surface area contributed by atoms with Gasteiger partial charge in [0, 0.05) is 6.07 Å². The molecule has 0 atom stereocenters. The Bertz CT molecular complexity index is 1310. The SMILES string of the molecule is CCOC(=O)c1cc(=O)c2ccc(OS(=O)(=O)c3ccc(C)cc3)c([N+](=O)[O-])c2o1. The maximum atomic E-state index is 12.5. The van der Waals surface area contributed by atoms with Crippen molar-refractivity contribution in [3.8, 4) is 5.75 Å². The van der Waals surface area contributed by atoms with E-state index in [0.717, 1.165) is 23.8 Å². The summed E-state index contributed by atoms with van der Waals surface area (Å²) in [6.45, 7) is 3.27. The fourth-order valence-electron chi connectivity index (χ4n) is 2.60. The largest absolute Gasteiger partial charge is 0.460 e. The van der Waals surface area contributed by atoms with Crippen molar-refractivity contribution >= 4 is 32.7 Å². The maximum absolute atomic E-state index is 12.5. The topological polar surface area (TPSA) is 143 Å². The first-order valence-corrected chi connectivity index (χ1v) is 9.98. The standard InChI is InChI=1S/C19H15NO9S/c1-3-27-19(22)16-10-14(21)13-8-9-15(17(20(23)24)18(13)28-16)29-30(25,26)12-6-4-11(2)5-7-12/h4-10H,3H2,1-2H3. The smallest absolute Gasteiger partial charge is 0.374 e. The van der Waals surface area contributed by atoms with Crippen LogP contribution in [-0.2, 0) is 14.9 Å². The van der Waals surface area contributed by atoms with Crippen LogP contribution in [0.3, 0.4) is 0 Å². The van der Waals surface area contributed by atoms with Gasteiger partial charge in [-0.1, -0.05) is 17.7 Å². The molecule has 0 N–H and O–H groups in total. The molecule has 156 valence electrons. The molecule has 10 nitrogen and oxygen atoms in total. The summed E-state index contributed by atoms with van der Waals surface area (Å²) in [5.74, 6) is -2.22. The Morgan fingerprint density at radius 1 is 1.17 bits per heavy atom. The average Bonchev–Trinajstić information content (AvgIpc) is 2.67. The second-order valence-corrected chi connectivity index (χ2v) is 7.64. The van der Waals surface area contributed by atoms with Gasteiger partial charge in [0.25, 0.3) is 0 Å². The van der Waals surface area contributed by atoms with Gasteiger partial charge in [0.05, 0.1) is 16.9 Å². The van der Waals surface area contributed by atoms with Gasteiger partial charge in [0.1, 0.15) is 4.90 Å². The fourth-order valence-corrected chi connectivity index (χ4v) is 3.54. The first-order valence-electron chi connectivity index (χ1n) is 8.57. The summed E-state index contributed by atoms with van der Waals surface area (Å²) < 4.78 is 40.0. The predicted octanol–water partition coefficient (Wildman–Crippen LogP) is 2.95. The first kappa shape index (κ1) is 21.0. The number of esters is 1. The molecule has 0 spiro atoms. The molecule has 0 aliphatic heterocycles. The molecule has 30 heavy (non-hydrogen) atoms. The molecule has 3 rings (SSSR count). The third-order valence-corrected chi connectivity index (χ3v) is 5.25. The highest BCUT2D eigenvalue weighted by atomic mass is 32.2. The number of rotatable bonds is 6. The minimum Gasteiger partial charge on any atom is -0.460 e. The van der Waals surface area contributed by atoms with E-state index in [0.29, 0.717) is 0 Å². The first-order chi connectivity index (χ1) is 14.1. The second-order valence-electron chi connectivity index (χ2n) is 6.09. The van der Waals surface area contributed by atoms with Gasteiger partial charge in [0.15, 0.2) is 5.43 Å². The number of fused-ring (bicyclic) bond motifs is 1. The third kappa shape index (κ3) is 4.01. The second kappa shape index (κ2) is 7.95. The van der Waals surface area contributed by atoms with Crippen LogP contribution in [0.1, 0.15) is 23.0 Å². The zero-order chi connectivity index (χ0) is 22.1. The number of benzene rings is 2. The number of ether oxygens (including phenoxy) is 1. The van der Waals surface area contributed by atoms with E-state index in [1.54, 1.807) is 6.92 Å². The van der Waals surface area contributed by atoms with E-state index < -0.39 is 49.2 Å². The van der Waals surface area contributed by atoms with E-state index in [-0.39, 0.29) is 16.9 Å². The lowest BCUT2D eigenvalue weighted by Crippen LogP contribution is -2.13. The molecule has 0 aliphatic rings. The molecule has 2 aromatic carbocycles. The van der Waals surface area contributed by atoms with E-state index >= 15 is 0 Å². The van der Waals surface area contributed by atoms with Crippen LogP contribution in [0, 0.1) is 17.0 Å². The van der Waals surface area contributed by atoms with Crippen LogP contribution in [0.5, 0.6) is 5.75 Å². The summed E-state index contributed by atoms with van der Waals surface area (Å²) >= 11 is 0. The van der Waals surface area contributed by atoms with Crippen LogP contribution in [-0.4, -0.2) is 25.9 Å². The lowest BCUT2D eigenvalue weighted by Gasteiger charge is -2.09. The highest BCUT2D eigenvalue weighted by Crippen LogP contribution is 2.36. The summed E-state index contributed by atoms with van der Waals surface area (Å²) in [4.78, 5) is 34.7. The van der Waals surface area contributed by atoms with E-state index in [1.165, 1.54) is 31.2 Å². The molecule has 0 saturated heterocycles. The molecule has 1 aromatic heterocycles. The van der Waals surface area contributed by atoms with Crippen molar-refractivity contribution < 1.29 is 31.5 Å². The van der Waals surface area contributed by atoms with Crippen LogP contribution in [0.25, 0.3) is 11.0 Å². The average molecular weight is 433 g/mol. The monoisotopic (exact) mass is 433 g/mol. The summed E-state index contributed by atoms with van der Waals surface area (Å²) in [6.07, 6.45) is 0. The van der Waals surface area contributed by atoms with E-state index in [2.05, 4.69) is 0 Å². The maximum Gasteiger partial charge on any atom is 0.374 e. The van der Waals surface area contributed by atoms with E-state index in [1.807, 2.05) is 0 Å². The Morgan fingerprint density at radius 2 is 1.83 bits per heavy atom. The summed E-state index contributed by atoms with van der Waals surface area (Å²) in [5.41, 5.74) is -1.45. The molecule has 3 aromatic rings. The molecule has 0 unspecified atom stereocenters. The van der Waals surface area contributed by atoms with Crippen LogP contribution in [0.2, 0.25) is 0 Å². The molecule has 0 fully saturated rings. The van der Waals surface area contributed by atoms with Crippen molar-refractivity contribution in [2.24, 2.45) is 0 Å². The molecular formula is C19H15NO9S. The van der Waals surface area contributed by atoms with E-state index in [4.69, 9.17) is 13.3 Å². The molecular weight excluding hydrogens is 418 g/mol. The molecule has 11 heteroatoms. The van der Waals surface area contributed by atoms with Crippen molar-refractivity contribution in [1.82, 2.24) is 0 Å². The third-order valence-electron chi connectivity index (χ3n) is 4.00. The molecule has 0 bridgehead atoms. The Hall–Kier alpha value is -3.73. The van der Waals surface area contributed by atoms with Gasteiger partial charge in [-0.2, -0.15) is 8.42 Å². The van der Waals surface area contributed by atoms with Crippen molar-refractivity contribution in [3.05, 3.63) is 74.1 Å². The minimum absolute atomic E-state index is 0.0133. The summed E-state index contributed by atoms with van der Waals surface area (Å²) in [5, 5.41) is 11.4. The van der Waals surface area contributed by atoms with Crippen molar-refractivity contribution in [2.45, 2.75) is 18.7 Å². The number of nitrogens with zero attached hydrogens (tertiary/aromatic N) is 1. The van der Waals surface area contributed by atoms with E-state index in [9.17, 15) is 28.1 Å². The minimum atomic E-state index is -4.42. The number of hydrogen-bond donors (Lipinski definition) is 0. The van der Waals surface area contributed by atoms with Gasteiger partial charge < -0.3 is 13.3 Å². The van der Waals surface area contributed by atoms with Gasteiger partial charge in [-0.25, -0.2) is 4.79 Å². The Kier molecular flexibility index (Phi) is 5.56. The Morgan fingerprint density at radius 3 is 2.43 bits per heavy atom. The van der Waals surface area contributed by atoms with Crippen LogP contribution < -0.4 is 9.61 Å². The van der Waals surface area contributed by atoms with Crippen LogP contribution >= 0.6 is 0 Å². The number of carbonyl (C=O) groups excluding carboxylic acids is 1. The predicted molar refractivity (Wildman–Crippen MR) is 104 cm³/mol. The number of aryl methyl sites for hydroxylation is 1. The summed E-state index contributed by atoms with van der Waals surface area (Å²) in [7, 11) is -4.42. The lowest BCUT2D eigenvalue weighted by molar-refractivity contribution is -0.384. The Balaban J connectivity index is 2.19. The normalized spacial score (nSPS) is 11.3. The fraction of sp³-hybridized carbons (Fsp3) is 0.158. The summed E-state index contributed by atoms with van der Waals surface area (Å²) in [6, 6.07) is 8.59. The number of nitro benzene ring substituents is 1. The highest BCUT2D eigenvalue weighted by molar-refractivity contribution is 7.87. The molecule has 0 aliphatic carbocycles. The van der Waals surface area contributed by atoms with Gasteiger partial charge in [-0.3, -0.25) is 14.9 Å². The van der Waals surface area contributed by atoms with Crippen molar-refractivity contribution in [3.63, 3.8) is 0 Å². The van der Waals surface area contributed by atoms with Crippen LogP contribution in [0.4, 0.5) is 5.69 Å². The van der Waals surface area contributed by atoms with Gasteiger partial charge >= 0.3 is 21.8 Å². The highest BCUT2D eigenvalue weighted by Gasteiger charge is 2.29. The molecule has 0 saturated carbocycles. The zero-order valence-electron chi connectivity index (χ0n) is 15.8. The lowest BCUT2D eigenvalue weighted by atomic mass is 10.2. The van der Waals surface area contributed by atoms with Crippen molar-refractivity contribution in [1.29, 1.82) is 0 Å². The van der Waals surface area contributed by atoms with Crippen LogP contribution in [0.15, 0.2) is 56.6 Å². The van der Waals surface area contributed by atoms with Gasteiger partial charge in [0.2, 0.25) is 17.1 Å². The Labute approximate surface area is 169 Å². The number of nitro groups is 1. The quantitative estimate of drug-likeness (QED) is 0.248. The molecule has 0 radical (unpaired) electrons. The number of carbonyl (C=O) groups is 1. The molecule has 0 amide bonds. The van der Waals surface area contributed by atoms with Gasteiger partial charge in [-0.05, 0) is 38.1 Å². The number of hydrogen-bond acceptors (Lipinski definition) is 9. The van der Waals surface area contributed by atoms with Gasteiger partial charge in [-0.15, -0.1) is 0 Å². The molecule has 1 heterocycles. The van der Waals surface area contributed by atoms with Crippen molar-refractivity contribution in [2.75, 3.05) is 6.61 Å².